The van der Waals surface area contributed by atoms with Crippen LogP contribution in [-0.2, 0) is 6.42 Å². The summed E-state index contributed by atoms with van der Waals surface area (Å²) in [6.07, 6.45) is 2.58. The first kappa shape index (κ1) is 13.8. The van der Waals surface area contributed by atoms with Gasteiger partial charge in [-0.15, -0.1) is 0 Å². The average Bonchev–Trinajstić information content (AvgIpc) is 2.99. The zero-order valence-corrected chi connectivity index (χ0v) is 12.2. The molecule has 3 nitrogen and oxygen atoms in total. The highest BCUT2D eigenvalue weighted by Crippen LogP contribution is 2.31. The summed E-state index contributed by atoms with van der Waals surface area (Å²) < 4.78 is 13.3. The van der Waals surface area contributed by atoms with Crippen molar-refractivity contribution in [1.29, 1.82) is 0 Å². The Morgan fingerprint density at radius 2 is 2.10 bits per heavy atom. The number of nitrogens with one attached hydrogen (secondary N) is 1. The number of hydrogen-bond donors (Lipinski definition) is 1. The zero-order valence-electron chi connectivity index (χ0n) is 11.4. The molecule has 0 aliphatic carbocycles. The third-order valence-electron chi connectivity index (χ3n) is 3.29. The van der Waals surface area contributed by atoms with Crippen LogP contribution >= 0.6 is 11.6 Å². The average molecular weight is 302 g/mol. The van der Waals surface area contributed by atoms with Crippen molar-refractivity contribution in [3.63, 3.8) is 0 Å². The number of H-pyrrole nitrogens is 1. The van der Waals surface area contributed by atoms with Gasteiger partial charge in [0.1, 0.15) is 5.82 Å². The predicted octanol–water partition coefficient (Wildman–Crippen LogP) is 4.49. The normalized spacial score (nSPS) is 10.8. The van der Waals surface area contributed by atoms with Crippen molar-refractivity contribution in [2.45, 2.75) is 13.3 Å². The molecular weight excluding hydrogens is 289 g/mol. The van der Waals surface area contributed by atoms with Crippen LogP contribution in [0.2, 0.25) is 5.02 Å². The predicted molar refractivity (Wildman–Crippen MR) is 81.6 cm³/mol. The van der Waals surface area contributed by atoms with E-state index in [1.807, 2.05) is 18.2 Å². The van der Waals surface area contributed by atoms with Gasteiger partial charge in [0.2, 0.25) is 0 Å². The van der Waals surface area contributed by atoms with Crippen LogP contribution in [0.4, 0.5) is 4.39 Å². The molecule has 2 aromatic heterocycles. The maximum absolute atomic E-state index is 13.3. The third-order valence-corrected chi connectivity index (χ3v) is 3.58. The van der Waals surface area contributed by atoms with Crippen molar-refractivity contribution in [2.24, 2.45) is 0 Å². The van der Waals surface area contributed by atoms with Crippen LogP contribution in [0.15, 0.2) is 42.6 Å². The molecule has 2 heterocycles. The molecule has 0 amide bonds. The highest BCUT2D eigenvalue weighted by Gasteiger charge is 2.12. The molecule has 0 bridgehead atoms. The molecule has 0 spiro atoms. The Kier molecular flexibility index (Phi) is 3.71. The van der Waals surface area contributed by atoms with E-state index in [1.54, 1.807) is 18.3 Å². The van der Waals surface area contributed by atoms with Crippen LogP contribution in [0.5, 0.6) is 0 Å². The highest BCUT2D eigenvalue weighted by molar-refractivity contribution is 6.31. The molecule has 0 fully saturated rings. The zero-order chi connectivity index (χ0) is 14.8. The second-order valence-electron chi connectivity index (χ2n) is 4.66. The number of pyridine rings is 1. The van der Waals surface area contributed by atoms with E-state index in [4.69, 9.17) is 11.6 Å². The van der Waals surface area contributed by atoms with E-state index in [-0.39, 0.29) is 5.02 Å². The number of halogens is 2. The Labute approximate surface area is 126 Å². The minimum atomic E-state index is -0.439. The molecule has 5 heteroatoms. The number of aromatic amines is 1. The molecule has 21 heavy (non-hydrogen) atoms. The maximum atomic E-state index is 13.3. The van der Waals surface area contributed by atoms with Gasteiger partial charge in [-0.3, -0.25) is 10.1 Å². The molecule has 1 N–H and O–H groups in total. The van der Waals surface area contributed by atoms with Gasteiger partial charge in [-0.1, -0.05) is 18.5 Å². The number of rotatable bonds is 3. The van der Waals surface area contributed by atoms with Crippen molar-refractivity contribution < 1.29 is 4.39 Å². The second kappa shape index (κ2) is 5.66. The summed E-state index contributed by atoms with van der Waals surface area (Å²) >= 11 is 5.86. The topological polar surface area (TPSA) is 41.6 Å². The van der Waals surface area contributed by atoms with Gasteiger partial charge < -0.3 is 0 Å². The van der Waals surface area contributed by atoms with Gasteiger partial charge in [-0.25, -0.2) is 4.39 Å². The van der Waals surface area contributed by atoms with E-state index < -0.39 is 5.82 Å². The lowest BCUT2D eigenvalue weighted by Gasteiger charge is -2.07. The lowest BCUT2D eigenvalue weighted by molar-refractivity contribution is 0.628. The molecule has 1 aromatic carbocycles. The first-order valence-corrected chi connectivity index (χ1v) is 7.02. The van der Waals surface area contributed by atoms with Crippen LogP contribution in [0.25, 0.3) is 22.5 Å². The van der Waals surface area contributed by atoms with Crippen LogP contribution in [0, 0.1) is 5.82 Å². The van der Waals surface area contributed by atoms with Gasteiger partial charge in [0.15, 0.2) is 0 Å². The van der Waals surface area contributed by atoms with Gasteiger partial charge in [0.05, 0.1) is 16.4 Å². The molecule has 0 aliphatic rings. The summed E-state index contributed by atoms with van der Waals surface area (Å²) in [5.74, 6) is -0.439. The number of aromatic nitrogens is 3. The summed E-state index contributed by atoms with van der Waals surface area (Å²) in [4.78, 5) is 4.40. The lowest BCUT2D eigenvalue weighted by Crippen LogP contribution is -1.90. The smallest absolute Gasteiger partial charge is 0.141 e. The number of aryl methyl sites for hydroxylation is 1. The van der Waals surface area contributed by atoms with E-state index >= 15 is 0 Å². The number of benzene rings is 1. The van der Waals surface area contributed by atoms with Crippen molar-refractivity contribution >= 4 is 11.6 Å². The van der Waals surface area contributed by atoms with Crippen LogP contribution in [0.1, 0.15) is 12.6 Å². The first-order chi connectivity index (χ1) is 10.2. The van der Waals surface area contributed by atoms with E-state index in [0.717, 1.165) is 34.6 Å². The Balaban J connectivity index is 2.13. The lowest BCUT2D eigenvalue weighted by atomic mass is 10.0. The van der Waals surface area contributed by atoms with E-state index in [2.05, 4.69) is 22.1 Å². The van der Waals surface area contributed by atoms with Crippen LogP contribution in [-0.4, -0.2) is 15.2 Å². The Hall–Kier alpha value is -2.20. The van der Waals surface area contributed by atoms with Gasteiger partial charge in [-0.05, 0) is 42.8 Å². The van der Waals surface area contributed by atoms with Crippen LogP contribution < -0.4 is 0 Å². The summed E-state index contributed by atoms with van der Waals surface area (Å²) in [5, 5.41) is 7.38. The Morgan fingerprint density at radius 3 is 2.81 bits per heavy atom. The number of nitrogens with zero attached hydrogens (tertiary/aromatic N) is 2. The second-order valence-corrected chi connectivity index (χ2v) is 5.07. The van der Waals surface area contributed by atoms with Crippen LogP contribution in [0.3, 0.4) is 0 Å². The van der Waals surface area contributed by atoms with E-state index in [0.29, 0.717) is 0 Å². The molecule has 0 unspecified atom stereocenters. The first-order valence-electron chi connectivity index (χ1n) is 6.64. The minimum absolute atomic E-state index is 0.0837. The van der Waals surface area contributed by atoms with E-state index in [1.165, 1.54) is 6.07 Å². The third kappa shape index (κ3) is 2.67. The molecule has 106 valence electrons. The molecule has 0 radical (unpaired) electrons. The minimum Gasteiger partial charge on any atom is -0.282 e. The number of hydrogen-bond acceptors (Lipinski definition) is 2. The Bertz CT molecular complexity index is 783. The molecule has 0 saturated carbocycles. The van der Waals surface area contributed by atoms with Crippen molar-refractivity contribution in [2.75, 3.05) is 0 Å². The fraction of sp³-hybridized carbons (Fsp3) is 0.125. The Morgan fingerprint density at radius 1 is 1.24 bits per heavy atom. The molecule has 3 aromatic rings. The molecular formula is C16H13ClFN3. The quantitative estimate of drug-likeness (QED) is 0.774. The van der Waals surface area contributed by atoms with Crippen molar-refractivity contribution in [3.8, 4) is 22.5 Å². The van der Waals surface area contributed by atoms with Crippen molar-refractivity contribution in [3.05, 3.63) is 59.1 Å². The summed E-state index contributed by atoms with van der Waals surface area (Å²) in [7, 11) is 0. The standard InChI is InChI=1S/C16H13ClFN3/c1-2-11-9-15(21-20-11)12-4-3-7-19-16(12)10-5-6-14(18)13(17)8-10/h3-9H,2H2,1H3,(H,20,21). The summed E-state index contributed by atoms with van der Waals surface area (Å²) in [6.45, 7) is 2.06. The van der Waals surface area contributed by atoms with Gasteiger partial charge >= 0.3 is 0 Å². The summed E-state index contributed by atoms with van der Waals surface area (Å²) in [6, 6.07) is 10.4. The monoisotopic (exact) mass is 301 g/mol. The van der Waals surface area contributed by atoms with Crippen molar-refractivity contribution in [1.82, 2.24) is 15.2 Å². The molecule has 0 atom stereocenters. The fourth-order valence-electron chi connectivity index (χ4n) is 2.17. The van der Waals surface area contributed by atoms with Gasteiger partial charge in [-0.2, -0.15) is 5.10 Å². The fourth-order valence-corrected chi connectivity index (χ4v) is 2.35. The molecule has 0 saturated heterocycles. The van der Waals surface area contributed by atoms with E-state index in [9.17, 15) is 4.39 Å². The largest absolute Gasteiger partial charge is 0.282 e. The molecule has 0 aliphatic heterocycles. The summed E-state index contributed by atoms with van der Waals surface area (Å²) in [5.41, 5.74) is 4.25. The highest BCUT2D eigenvalue weighted by atomic mass is 35.5. The molecule has 3 rings (SSSR count). The van der Waals surface area contributed by atoms with Gasteiger partial charge in [0, 0.05) is 23.0 Å². The van der Waals surface area contributed by atoms with Gasteiger partial charge in [0.25, 0.3) is 0 Å². The SMILES string of the molecule is CCc1cc(-c2cccnc2-c2ccc(F)c(Cl)c2)n[nH]1. The maximum Gasteiger partial charge on any atom is 0.141 e.